The van der Waals surface area contributed by atoms with E-state index in [1.165, 1.54) is 0 Å². The van der Waals surface area contributed by atoms with E-state index in [1.807, 2.05) is 0 Å². The summed E-state index contributed by atoms with van der Waals surface area (Å²) in [6.07, 6.45) is 3.76. The van der Waals surface area contributed by atoms with Crippen molar-refractivity contribution in [3.05, 3.63) is 0 Å². The summed E-state index contributed by atoms with van der Waals surface area (Å²) < 4.78 is 11.0. The summed E-state index contributed by atoms with van der Waals surface area (Å²) in [6, 6.07) is 0.268. The lowest BCUT2D eigenvalue weighted by Crippen LogP contribution is -2.50. The molecule has 110 valence electrons. The van der Waals surface area contributed by atoms with Crippen LogP contribution >= 0.6 is 0 Å². The van der Waals surface area contributed by atoms with Crippen LogP contribution in [-0.4, -0.2) is 51.0 Å². The fourth-order valence-corrected chi connectivity index (χ4v) is 2.62. The molecule has 2 atom stereocenters. The molecule has 0 aromatic rings. The lowest BCUT2D eigenvalue weighted by atomic mass is 9.95. The predicted molar refractivity (Wildman–Crippen MR) is 73.0 cm³/mol. The van der Waals surface area contributed by atoms with Gasteiger partial charge >= 0.3 is 0 Å². The molecular weight excluding hydrogens is 244 g/mol. The molecule has 2 fully saturated rings. The van der Waals surface area contributed by atoms with Crippen LogP contribution in [0.25, 0.3) is 0 Å². The number of piperidine rings is 1. The standard InChI is InChI=1S/C14H26N2O3/c1-11-2-6-15-10-13(11)16-14(17)5-9-19-12-3-7-18-8-4-12/h11-13,15H,2-10H2,1H3,(H,16,17). The first-order chi connectivity index (χ1) is 9.25. The lowest BCUT2D eigenvalue weighted by molar-refractivity contribution is -0.124. The average Bonchev–Trinajstić information content (AvgIpc) is 2.43. The summed E-state index contributed by atoms with van der Waals surface area (Å²) in [5.74, 6) is 0.661. The first-order valence-corrected chi connectivity index (χ1v) is 7.45. The molecule has 0 spiro atoms. The maximum atomic E-state index is 11.9. The Hall–Kier alpha value is -0.650. The topological polar surface area (TPSA) is 59.6 Å². The summed E-state index contributed by atoms with van der Waals surface area (Å²) in [7, 11) is 0. The summed E-state index contributed by atoms with van der Waals surface area (Å²) in [4.78, 5) is 11.9. The van der Waals surface area contributed by atoms with Crippen LogP contribution in [-0.2, 0) is 14.3 Å². The Labute approximate surface area is 115 Å². The minimum absolute atomic E-state index is 0.104. The molecule has 5 heteroatoms. The summed E-state index contributed by atoms with van der Waals surface area (Å²) in [5, 5.41) is 6.42. The fraction of sp³-hybridized carbons (Fsp3) is 0.929. The Morgan fingerprint density at radius 1 is 1.37 bits per heavy atom. The van der Waals surface area contributed by atoms with Crippen LogP contribution in [0.1, 0.15) is 32.6 Å². The first-order valence-electron chi connectivity index (χ1n) is 7.45. The van der Waals surface area contributed by atoms with Crippen molar-refractivity contribution in [2.75, 3.05) is 32.9 Å². The smallest absolute Gasteiger partial charge is 0.222 e. The highest BCUT2D eigenvalue weighted by molar-refractivity contribution is 5.76. The highest BCUT2D eigenvalue weighted by atomic mass is 16.5. The second-order valence-electron chi connectivity index (χ2n) is 5.58. The molecule has 2 aliphatic rings. The second kappa shape index (κ2) is 7.82. The van der Waals surface area contributed by atoms with Crippen molar-refractivity contribution < 1.29 is 14.3 Å². The van der Waals surface area contributed by atoms with E-state index in [-0.39, 0.29) is 18.1 Å². The van der Waals surface area contributed by atoms with E-state index in [0.29, 0.717) is 18.9 Å². The first kappa shape index (κ1) is 14.8. The molecule has 5 nitrogen and oxygen atoms in total. The highest BCUT2D eigenvalue weighted by Crippen LogP contribution is 2.12. The second-order valence-corrected chi connectivity index (χ2v) is 5.58. The Morgan fingerprint density at radius 3 is 2.89 bits per heavy atom. The van der Waals surface area contributed by atoms with E-state index in [4.69, 9.17) is 9.47 Å². The summed E-state index contributed by atoms with van der Waals surface area (Å²) in [5.41, 5.74) is 0. The van der Waals surface area contributed by atoms with Gasteiger partial charge in [0.1, 0.15) is 0 Å². The normalized spacial score (nSPS) is 29.1. The van der Waals surface area contributed by atoms with Crippen LogP contribution in [0.5, 0.6) is 0 Å². The number of amides is 1. The van der Waals surface area contributed by atoms with Crippen molar-refractivity contribution in [2.45, 2.75) is 44.8 Å². The van der Waals surface area contributed by atoms with E-state index in [9.17, 15) is 4.79 Å². The molecule has 0 saturated carbocycles. The zero-order valence-electron chi connectivity index (χ0n) is 11.8. The molecule has 2 rings (SSSR count). The molecular formula is C14H26N2O3. The van der Waals surface area contributed by atoms with Crippen LogP contribution in [0.15, 0.2) is 0 Å². The Morgan fingerprint density at radius 2 is 2.16 bits per heavy atom. The van der Waals surface area contributed by atoms with Crippen molar-refractivity contribution in [1.29, 1.82) is 0 Å². The minimum Gasteiger partial charge on any atom is -0.381 e. The van der Waals surface area contributed by atoms with Gasteiger partial charge < -0.3 is 20.1 Å². The van der Waals surface area contributed by atoms with Gasteiger partial charge in [-0.05, 0) is 31.7 Å². The van der Waals surface area contributed by atoms with Gasteiger partial charge in [-0.3, -0.25) is 4.79 Å². The van der Waals surface area contributed by atoms with Gasteiger partial charge in [0.05, 0.1) is 12.7 Å². The van der Waals surface area contributed by atoms with Crippen LogP contribution < -0.4 is 10.6 Å². The number of hydrogen-bond acceptors (Lipinski definition) is 4. The fourth-order valence-electron chi connectivity index (χ4n) is 2.62. The molecule has 0 aromatic heterocycles. The van der Waals surface area contributed by atoms with Crippen molar-refractivity contribution in [2.24, 2.45) is 5.92 Å². The molecule has 1 amide bonds. The highest BCUT2D eigenvalue weighted by Gasteiger charge is 2.22. The summed E-state index contributed by atoms with van der Waals surface area (Å²) in [6.45, 7) is 6.22. The molecule has 0 aliphatic carbocycles. The monoisotopic (exact) mass is 270 g/mol. The molecule has 0 radical (unpaired) electrons. The van der Waals surface area contributed by atoms with E-state index in [0.717, 1.165) is 45.6 Å². The third kappa shape index (κ3) is 5.09. The summed E-state index contributed by atoms with van der Waals surface area (Å²) >= 11 is 0. The zero-order chi connectivity index (χ0) is 13.5. The van der Waals surface area contributed by atoms with Gasteiger partial charge in [-0.25, -0.2) is 0 Å². The Bertz CT molecular complexity index is 280. The molecule has 19 heavy (non-hydrogen) atoms. The van der Waals surface area contributed by atoms with Crippen molar-refractivity contribution >= 4 is 5.91 Å². The number of hydrogen-bond donors (Lipinski definition) is 2. The number of rotatable bonds is 5. The van der Waals surface area contributed by atoms with E-state index in [2.05, 4.69) is 17.6 Å². The van der Waals surface area contributed by atoms with Gasteiger partial charge in [-0.15, -0.1) is 0 Å². The van der Waals surface area contributed by atoms with Gasteiger partial charge in [0.2, 0.25) is 5.91 Å². The molecule has 2 N–H and O–H groups in total. The van der Waals surface area contributed by atoms with Crippen molar-refractivity contribution in [1.82, 2.24) is 10.6 Å². The van der Waals surface area contributed by atoms with Crippen LogP contribution in [0, 0.1) is 5.92 Å². The van der Waals surface area contributed by atoms with E-state index < -0.39 is 0 Å². The molecule has 2 heterocycles. The Balaban J connectivity index is 1.58. The zero-order valence-corrected chi connectivity index (χ0v) is 11.8. The number of carbonyl (C=O) groups is 1. The number of ether oxygens (including phenoxy) is 2. The minimum atomic E-state index is 0.104. The number of carbonyl (C=O) groups excluding carboxylic acids is 1. The SMILES string of the molecule is CC1CCNCC1NC(=O)CCOC1CCOCC1. The number of nitrogens with one attached hydrogen (secondary N) is 2. The van der Waals surface area contributed by atoms with E-state index >= 15 is 0 Å². The van der Waals surface area contributed by atoms with Crippen LogP contribution in [0.4, 0.5) is 0 Å². The predicted octanol–water partition coefficient (Wildman–Crippen LogP) is 0.686. The van der Waals surface area contributed by atoms with Crippen molar-refractivity contribution in [3.8, 4) is 0 Å². The van der Waals surface area contributed by atoms with Crippen LogP contribution in [0.3, 0.4) is 0 Å². The molecule has 0 bridgehead atoms. The van der Waals surface area contributed by atoms with Crippen molar-refractivity contribution in [3.63, 3.8) is 0 Å². The van der Waals surface area contributed by atoms with Gasteiger partial charge in [0.15, 0.2) is 0 Å². The average molecular weight is 270 g/mol. The largest absolute Gasteiger partial charge is 0.381 e. The molecule has 2 saturated heterocycles. The Kier molecular flexibility index (Phi) is 6.07. The van der Waals surface area contributed by atoms with Gasteiger partial charge in [0, 0.05) is 32.2 Å². The van der Waals surface area contributed by atoms with Gasteiger partial charge in [0.25, 0.3) is 0 Å². The quantitative estimate of drug-likeness (QED) is 0.771. The van der Waals surface area contributed by atoms with Crippen LogP contribution in [0.2, 0.25) is 0 Å². The lowest BCUT2D eigenvalue weighted by Gasteiger charge is -2.30. The molecule has 0 aromatic carbocycles. The molecule has 2 aliphatic heterocycles. The maximum absolute atomic E-state index is 11.9. The third-order valence-electron chi connectivity index (χ3n) is 4.02. The molecule has 2 unspecified atom stereocenters. The maximum Gasteiger partial charge on any atom is 0.222 e. The third-order valence-corrected chi connectivity index (χ3v) is 4.02. The van der Waals surface area contributed by atoms with Gasteiger partial charge in [-0.2, -0.15) is 0 Å². The van der Waals surface area contributed by atoms with E-state index in [1.54, 1.807) is 0 Å². The van der Waals surface area contributed by atoms with Gasteiger partial charge in [-0.1, -0.05) is 6.92 Å².